The van der Waals surface area contributed by atoms with Gasteiger partial charge in [0, 0.05) is 6.54 Å². The molecule has 1 unspecified atom stereocenters. The van der Waals surface area contributed by atoms with Crippen molar-refractivity contribution in [3.63, 3.8) is 0 Å². The van der Waals surface area contributed by atoms with E-state index in [0.717, 1.165) is 19.0 Å². The number of hydrogen-bond donors (Lipinski definition) is 1. The summed E-state index contributed by atoms with van der Waals surface area (Å²) in [5.74, 6) is 0.945. The Morgan fingerprint density at radius 3 is 2.83 bits per heavy atom. The molecule has 18 heavy (non-hydrogen) atoms. The molecule has 0 bridgehead atoms. The number of β-amino-alcohol motifs (C(OH)–C–C–N with tert-alkyl or cyclic N) is 1. The lowest BCUT2D eigenvalue weighted by molar-refractivity contribution is 0.0776. The number of aliphatic hydroxyl groups excluding tert-OH is 1. The van der Waals surface area contributed by atoms with E-state index in [1.54, 1.807) is 0 Å². The van der Waals surface area contributed by atoms with Gasteiger partial charge < -0.3 is 10.0 Å². The Bertz CT molecular complexity index is 416. The molecule has 0 radical (unpaired) electrons. The third kappa shape index (κ3) is 3.52. The fourth-order valence-corrected chi connectivity index (χ4v) is 2.25. The van der Waals surface area contributed by atoms with Crippen LogP contribution in [0.2, 0.25) is 0 Å². The highest BCUT2D eigenvalue weighted by atomic mass is 16.3. The zero-order chi connectivity index (χ0) is 13.0. The molecular weight excluding hydrogens is 230 g/mol. The van der Waals surface area contributed by atoms with Gasteiger partial charge in [-0.25, -0.2) is 9.67 Å². The van der Waals surface area contributed by atoms with Gasteiger partial charge in [-0.1, -0.05) is 6.92 Å². The number of piperidine rings is 1. The van der Waals surface area contributed by atoms with Crippen LogP contribution in [0.1, 0.15) is 25.6 Å². The van der Waals surface area contributed by atoms with Crippen LogP contribution < -0.4 is 0 Å². The minimum Gasteiger partial charge on any atom is -0.390 e. The minimum absolute atomic E-state index is 0.147. The lowest BCUT2D eigenvalue weighted by Gasteiger charge is -2.31. The van der Waals surface area contributed by atoms with Crippen LogP contribution in [-0.2, 0) is 6.54 Å². The summed E-state index contributed by atoms with van der Waals surface area (Å²) in [4.78, 5) is 6.10. The van der Waals surface area contributed by atoms with Crippen molar-refractivity contribution in [3.8, 4) is 6.07 Å². The molecule has 1 fully saturated rings. The van der Waals surface area contributed by atoms with Crippen LogP contribution in [0.4, 0.5) is 0 Å². The fraction of sp³-hybridized carbons (Fsp3) is 0.750. The second-order valence-electron chi connectivity index (χ2n) is 5.04. The van der Waals surface area contributed by atoms with E-state index in [9.17, 15) is 5.11 Å². The molecule has 1 aliphatic rings. The summed E-state index contributed by atoms with van der Waals surface area (Å²) in [6.07, 6.45) is 3.43. The Kier molecular flexibility index (Phi) is 4.28. The van der Waals surface area contributed by atoms with E-state index in [-0.39, 0.29) is 5.82 Å². The summed E-state index contributed by atoms with van der Waals surface area (Å²) in [5, 5.41) is 22.5. The van der Waals surface area contributed by atoms with E-state index in [0.29, 0.717) is 13.1 Å². The van der Waals surface area contributed by atoms with Gasteiger partial charge in [0.15, 0.2) is 0 Å². The lowest BCUT2D eigenvalue weighted by Crippen LogP contribution is -2.39. The minimum atomic E-state index is -0.466. The van der Waals surface area contributed by atoms with Gasteiger partial charge in [0.1, 0.15) is 12.4 Å². The molecule has 6 nitrogen and oxygen atoms in total. The Morgan fingerprint density at radius 2 is 2.22 bits per heavy atom. The van der Waals surface area contributed by atoms with Gasteiger partial charge in [0.2, 0.25) is 0 Å². The highest BCUT2D eigenvalue weighted by Gasteiger charge is 2.18. The maximum absolute atomic E-state index is 9.99. The van der Waals surface area contributed by atoms with E-state index in [2.05, 4.69) is 21.9 Å². The molecule has 0 aromatic carbocycles. The third-order valence-electron chi connectivity index (χ3n) is 3.38. The van der Waals surface area contributed by atoms with E-state index in [1.807, 2.05) is 6.07 Å². The van der Waals surface area contributed by atoms with Crippen LogP contribution in [-0.4, -0.2) is 50.5 Å². The monoisotopic (exact) mass is 249 g/mol. The largest absolute Gasteiger partial charge is 0.390 e. The molecule has 1 saturated heterocycles. The summed E-state index contributed by atoms with van der Waals surface area (Å²) in [6.45, 7) is 5.43. The van der Waals surface area contributed by atoms with Crippen LogP contribution in [0.25, 0.3) is 0 Å². The topological polar surface area (TPSA) is 78.0 Å². The summed E-state index contributed by atoms with van der Waals surface area (Å²) in [6, 6.07) is 1.87. The predicted molar refractivity (Wildman–Crippen MR) is 65.6 cm³/mol. The van der Waals surface area contributed by atoms with E-state index in [1.165, 1.54) is 23.9 Å². The van der Waals surface area contributed by atoms with Gasteiger partial charge in [-0.05, 0) is 31.8 Å². The summed E-state index contributed by atoms with van der Waals surface area (Å²) >= 11 is 0. The number of nitriles is 1. The standard InChI is InChI=1S/C12H19N5O/c1-10-2-4-16(5-3-10)7-11(18)8-17-9-14-12(6-13)15-17/h9-11,18H,2-5,7-8H2,1H3. The van der Waals surface area contributed by atoms with E-state index < -0.39 is 6.10 Å². The second-order valence-corrected chi connectivity index (χ2v) is 5.04. The average molecular weight is 249 g/mol. The number of hydrogen-bond acceptors (Lipinski definition) is 5. The molecule has 0 amide bonds. The van der Waals surface area contributed by atoms with Crippen LogP contribution in [0.3, 0.4) is 0 Å². The quantitative estimate of drug-likeness (QED) is 0.827. The molecule has 1 aliphatic heterocycles. The molecule has 1 aromatic rings. The van der Waals surface area contributed by atoms with Gasteiger partial charge in [-0.2, -0.15) is 5.26 Å². The summed E-state index contributed by atoms with van der Waals surface area (Å²) < 4.78 is 1.52. The van der Waals surface area contributed by atoms with Gasteiger partial charge in [0.25, 0.3) is 5.82 Å². The molecule has 0 saturated carbocycles. The molecule has 6 heteroatoms. The zero-order valence-corrected chi connectivity index (χ0v) is 10.7. The number of likely N-dealkylation sites (tertiary alicyclic amines) is 1. The molecule has 1 aromatic heterocycles. The first-order valence-electron chi connectivity index (χ1n) is 6.37. The van der Waals surface area contributed by atoms with Crippen molar-refractivity contribution in [2.24, 2.45) is 5.92 Å². The summed E-state index contributed by atoms with van der Waals surface area (Å²) in [7, 11) is 0. The number of rotatable bonds is 4. The maximum atomic E-state index is 9.99. The van der Waals surface area contributed by atoms with Crippen LogP contribution in [0.15, 0.2) is 6.33 Å². The SMILES string of the molecule is CC1CCN(CC(O)Cn2cnc(C#N)n2)CC1. The van der Waals surface area contributed by atoms with Gasteiger partial charge in [0.05, 0.1) is 12.6 Å². The van der Waals surface area contributed by atoms with Crippen LogP contribution >= 0.6 is 0 Å². The maximum Gasteiger partial charge on any atom is 0.252 e. The van der Waals surface area contributed by atoms with Crippen LogP contribution in [0.5, 0.6) is 0 Å². The first-order chi connectivity index (χ1) is 8.67. The Labute approximate surface area is 107 Å². The molecule has 2 rings (SSSR count). The second kappa shape index (κ2) is 5.94. The van der Waals surface area contributed by atoms with Crippen molar-refractivity contribution >= 4 is 0 Å². The van der Waals surface area contributed by atoms with E-state index in [4.69, 9.17) is 5.26 Å². The van der Waals surface area contributed by atoms with Crippen molar-refractivity contribution in [1.82, 2.24) is 19.7 Å². The fourth-order valence-electron chi connectivity index (χ4n) is 2.25. The number of nitrogens with zero attached hydrogens (tertiary/aromatic N) is 5. The summed E-state index contributed by atoms with van der Waals surface area (Å²) in [5.41, 5.74) is 0. The first kappa shape index (κ1) is 13.0. The Balaban J connectivity index is 1.78. The number of aliphatic hydroxyl groups is 1. The molecule has 2 heterocycles. The molecule has 1 atom stereocenters. The van der Waals surface area contributed by atoms with Gasteiger partial charge in [-0.3, -0.25) is 0 Å². The van der Waals surface area contributed by atoms with Crippen molar-refractivity contribution in [2.45, 2.75) is 32.4 Å². The first-order valence-corrected chi connectivity index (χ1v) is 6.37. The normalized spacial score (nSPS) is 19.6. The highest BCUT2D eigenvalue weighted by Crippen LogP contribution is 2.16. The molecule has 98 valence electrons. The van der Waals surface area contributed by atoms with Crippen molar-refractivity contribution < 1.29 is 5.11 Å². The van der Waals surface area contributed by atoms with Gasteiger partial charge >= 0.3 is 0 Å². The Morgan fingerprint density at radius 1 is 1.50 bits per heavy atom. The van der Waals surface area contributed by atoms with Gasteiger partial charge in [-0.15, -0.1) is 5.10 Å². The Hall–Kier alpha value is -1.45. The van der Waals surface area contributed by atoms with Crippen molar-refractivity contribution in [1.29, 1.82) is 5.26 Å². The number of aromatic nitrogens is 3. The van der Waals surface area contributed by atoms with E-state index >= 15 is 0 Å². The lowest BCUT2D eigenvalue weighted by atomic mass is 9.99. The molecule has 0 aliphatic carbocycles. The van der Waals surface area contributed by atoms with Crippen LogP contribution in [0, 0.1) is 17.2 Å². The molecule has 1 N–H and O–H groups in total. The molecule has 0 spiro atoms. The smallest absolute Gasteiger partial charge is 0.252 e. The third-order valence-corrected chi connectivity index (χ3v) is 3.38. The highest BCUT2D eigenvalue weighted by molar-refractivity contribution is 5.05. The average Bonchev–Trinajstić information content (AvgIpc) is 2.79. The van der Waals surface area contributed by atoms with Crippen molar-refractivity contribution in [3.05, 3.63) is 12.2 Å². The zero-order valence-electron chi connectivity index (χ0n) is 10.7. The predicted octanol–water partition coefficient (Wildman–Crippen LogP) is 0.243. The van der Waals surface area contributed by atoms with Crippen molar-refractivity contribution in [2.75, 3.05) is 19.6 Å². The molecular formula is C12H19N5O.